The maximum atomic E-state index is 13.1. The summed E-state index contributed by atoms with van der Waals surface area (Å²) in [5, 5.41) is 3.06. The Morgan fingerprint density at radius 1 is 1.04 bits per heavy atom. The van der Waals surface area contributed by atoms with Gasteiger partial charge in [0.15, 0.2) is 0 Å². The van der Waals surface area contributed by atoms with Crippen LogP contribution in [0.2, 0.25) is 0 Å². The molecule has 0 aliphatic carbocycles. The molecular weight excluding hydrogens is 358 g/mol. The largest absolute Gasteiger partial charge is 0.497 e. The second-order valence-corrected chi connectivity index (χ2v) is 6.15. The van der Waals surface area contributed by atoms with Gasteiger partial charge in [0.05, 0.1) is 21.3 Å². The number of nitrogens with one attached hydrogen (secondary N) is 1. The molecule has 0 bridgehead atoms. The monoisotopic (exact) mass is 381 g/mol. The smallest absolute Gasteiger partial charge is 0.252 e. The number of para-hydroxylation sites is 1. The average molecular weight is 381 g/mol. The Hall–Kier alpha value is -3.48. The maximum absolute atomic E-state index is 13.1. The molecule has 3 aromatic rings. The van der Waals surface area contributed by atoms with E-state index in [9.17, 15) is 4.79 Å². The molecule has 28 heavy (non-hydrogen) atoms. The van der Waals surface area contributed by atoms with E-state index in [2.05, 4.69) is 10.3 Å². The number of methoxy groups -OCH3 is 3. The van der Waals surface area contributed by atoms with E-state index in [1.54, 1.807) is 45.7 Å². The number of hydrogen-bond donors (Lipinski definition) is 1. The van der Waals surface area contributed by atoms with Crippen LogP contribution in [0.4, 0.5) is 0 Å². The zero-order valence-electron chi connectivity index (χ0n) is 16.3. The highest BCUT2D eigenvalue weighted by Crippen LogP contribution is 2.30. The minimum atomic E-state index is -0.499. The van der Waals surface area contributed by atoms with E-state index in [0.29, 0.717) is 28.6 Å². The van der Waals surface area contributed by atoms with Crippen molar-refractivity contribution >= 4 is 5.91 Å². The van der Waals surface area contributed by atoms with Crippen LogP contribution in [0.3, 0.4) is 0 Å². The van der Waals surface area contributed by atoms with Crippen molar-refractivity contribution in [2.45, 2.75) is 6.04 Å². The summed E-state index contributed by atoms with van der Waals surface area (Å²) in [7, 11) is 6.57. The summed E-state index contributed by atoms with van der Waals surface area (Å²) in [5.41, 5.74) is 1.23. The van der Waals surface area contributed by atoms with Crippen LogP contribution in [0.5, 0.6) is 17.2 Å². The summed E-state index contributed by atoms with van der Waals surface area (Å²) < 4.78 is 17.9. The highest BCUT2D eigenvalue weighted by atomic mass is 16.5. The molecule has 7 nitrogen and oxygen atoms in total. The fourth-order valence-corrected chi connectivity index (χ4v) is 2.99. The van der Waals surface area contributed by atoms with E-state index in [1.807, 2.05) is 42.1 Å². The molecule has 0 fully saturated rings. The number of hydrogen-bond acceptors (Lipinski definition) is 5. The van der Waals surface area contributed by atoms with Crippen molar-refractivity contribution < 1.29 is 19.0 Å². The second kappa shape index (κ2) is 8.47. The molecule has 0 radical (unpaired) electrons. The van der Waals surface area contributed by atoms with E-state index in [-0.39, 0.29) is 5.91 Å². The van der Waals surface area contributed by atoms with Crippen LogP contribution in [0.15, 0.2) is 54.9 Å². The third kappa shape index (κ3) is 3.93. The standard InChI is InChI=1S/C21H23N3O4/c1-24-10-9-22-20(24)19(17-7-5-6-8-18(17)28-4)23-21(25)14-11-15(26-2)13-16(12-14)27-3/h5-13,19H,1-4H3,(H,23,25). The number of amides is 1. The van der Waals surface area contributed by atoms with Crippen LogP contribution in [0.25, 0.3) is 0 Å². The Labute approximate surface area is 163 Å². The molecule has 1 aromatic heterocycles. The zero-order chi connectivity index (χ0) is 20.1. The molecule has 0 aliphatic rings. The summed E-state index contributed by atoms with van der Waals surface area (Å²) in [6.07, 6.45) is 3.52. The van der Waals surface area contributed by atoms with Gasteiger partial charge < -0.3 is 24.1 Å². The normalized spacial score (nSPS) is 11.6. The minimum absolute atomic E-state index is 0.281. The van der Waals surface area contributed by atoms with Crippen LogP contribution in [0.1, 0.15) is 27.8 Å². The number of benzene rings is 2. The first-order valence-corrected chi connectivity index (χ1v) is 8.71. The van der Waals surface area contributed by atoms with Crippen LogP contribution in [0, 0.1) is 0 Å². The van der Waals surface area contributed by atoms with E-state index in [0.717, 1.165) is 5.56 Å². The number of aromatic nitrogens is 2. The van der Waals surface area contributed by atoms with E-state index in [4.69, 9.17) is 14.2 Å². The SMILES string of the molecule is COc1cc(OC)cc(C(=O)NC(c2ccccc2OC)c2nccn2C)c1. The van der Waals surface area contributed by atoms with Crippen molar-refractivity contribution in [3.63, 3.8) is 0 Å². The van der Waals surface area contributed by atoms with Crippen LogP contribution >= 0.6 is 0 Å². The molecule has 1 unspecified atom stereocenters. The first-order chi connectivity index (χ1) is 13.6. The molecule has 1 amide bonds. The predicted molar refractivity (Wildman–Crippen MR) is 105 cm³/mol. The summed E-state index contributed by atoms with van der Waals surface area (Å²) in [5.74, 6) is 2.15. The van der Waals surface area contributed by atoms with Gasteiger partial charge >= 0.3 is 0 Å². The van der Waals surface area contributed by atoms with Gasteiger partial charge in [0.2, 0.25) is 0 Å². The highest BCUT2D eigenvalue weighted by Gasteiger charge is 2.24. The third-order valence-corrected chi connectivity index (χ3v) is 4.46. The molecule has 7 heteroatoms. The molecule has 3 rings (SSSR count). The lowest BCUT2D eigenvalue weighted by Gasteiger charge is -2.21. The summed E-state index contributed by atoms with van der Waals surface area (Å²) >= 11 is 0. The van der Waals surface area contributed by atoms with Crippen molar-refractivity contribution in [1.82, 2.24) is 14.9 Å². The molecule has 146 valence electrons. The fourth-order valence-electron chi connectivity index (χ4n) is 2.99. The summed E-state index contributed by atoms with van der Waals surface area (Å²) in [4.78, 5) is 17.5. The molecule has 0 saturated carbocycles. The lowest BCUT2D eigenvalue weighted by molar-refractivity contribution is 0.0940. The molecule has 0 spiro atoms. The fraction of sp³-hybridized carbons (Fsp3) is 0.238. The third-order valence-electron chi connectivity index (χ3n) is 4.46. The van der Waals surface area contributed by atoms with Crippen molar-refractivity contribution in [3.05, 3.63) is 71.8 Å². The number of rotatable bonds is 7. The lowest BCUT2D eigenvalue weighted by Crippen LogP contribution is -2.31. The van der Waals surface area contributed by atoms with E-state index < -0.39 is 6.04 Å². The molecule has 0 aliphatic heterocycles. The van der Waals surface area contributed by atoms with E-state index in [1.165, 1.54) is 0 Å². The number of carbonyl (C=O) groups excluding carboxylic acids is 1. The molecular formula is C21H23N3O4. The number of imidazole rings is 1. The van der Waals surface area contributed by atoms with Gasteiger partial charge in [0.25, 0.3) is 5.91 Å². The Morgan fingerprint density at radius 3 is 2.29 bits per heavy atom. The molecule has 1 N–H and O–H groups in total. The average Bonchev–Trinajstić information content (AvgIpc) is 3.16. The van der Waals surface area contributed by atoms with Gasteiger partial charge in [0, 0.05) is 36.6 Å². The summed E-state index contributed by atoms with van der Waals surface area (Å²) in [6.45, 7) is 0. The molecule has 1 atom stereocenters. The maximum Gasteiger partial charge on any atom is 0.252 e. The number of aryl methyl sites for hydroxylation is 1. The Balaban J connectivity index is 2.01. The van der Waals surface area contributed by atoms with Crippen LogP contribution in [-0.2, 0) is 7.05 Å². The summed E-state index contributed by atoms with van der Waals surface area (Å²) in [6, 6.07) is 12.1. The number of carbonyl (C=O) groups is 1. The van der Waals surface area contributed by atoms with Gasteiger partial charge in [0.1, 0.15) is 29.1 Å². The Bertz CT molecular complexity index is 946. The van der Waals surface area contributed by atoms with Crippen molar-refractivity contribution in [1.29, 1.82) is 0 Å². The van der Waals surface area contributed by atoms with Gasteiger partial charge in [-0.05, 0) is 18.2 Å². The van der Waals surface area contributed by atoms with Crippen molar-refractivity contribution in [2.75, 3.05) is 21.3 Å². The highest BCUT2D eigenvalue weighted by molar-refractivity contribution is 5.95. The molecule has 2 aromatic carbocycles. The molecule has 1 heterocycles. The van der Waals surface area contributed by atoms with Gasteiger partial charge in [-0.1, -0.05) is 18.2 Å². The van der Waals surface area contributed by atoms with Crippen molar-refractivity contribution in [2.24, 2.45) is 7.05 Å². The number of nitrogens with zero attached hydrogens (tertiary/aromatic N) is 2. The quantitative estimate of drug-likeness (QED) is 0.681. The zero-order valence-corrected chi connectivity index (χ0v) is 16.3. The first-order valence-electron chi connectivity index (χ1n) is 8.71. The van der Waals surface area contributed by atoms with Gasteiger partial charge in [-0.25, -0.2) is 4.98 Å². The Morgan fingerprint density at radius 2 is 1.71 bits per heavy atom. The van der Waals surface area contributed by atoms with Crippen LogP contribution in [-0.4, -0.2) is 36.8 Å². The predicted octanol–water partition coefficient (Wildman–Crippen LogP) is 2.97. The number of ether oxygens (including phenoxy) is 3. The topological polar surface area (TPSA) is 74.6 Å². The van der Waals surface area contributed by atoms with Gasteiger partial charge in [-0.2, -0.15) is 0 Å². The minimum Gasteiger partial charge on any atom is -0.497 e. The Kier molecular flexibility index (Phi) is 5.84. The first kappa shape index (κ1) is 19.3. The van der Waals surface area contributed by atoms with E-state index >= 15 is 0 Å². The van der Waals surface area contributed by atoms with Crippen molar-refractivity contribution in [3.8, 4) is 17.2 Å². The van der Waals surface area contributed by atoms with Gasteiger partial charge in [-0.15, -0.1) is 0 Å². The second-order valence-electron chi connectivity index (χ2n) is 6.15. The van der Waals surface area contributed by atoms with Gasteiger partial charge in [-0.3, -0.25) is 4.79 Å². The molecule has 0 saturated heterocycles. The van der Waals surface area contributed by atoms with Crippen LogP contribution < -0.4 is 19.5 Å². The lowest BCUT2D eigenvalue weighted by atomic mass is 10.0.